The molecule has 0 radical (unpaired) electrons. The van der Waals surface area contributed by atoms with Gasteiger partial charge in [-0.1, -0.05) is 30.5 Å². The first kappa shape index (κ1) is 14.6. The van der Waals surface area contributed by atoms with Crippen LogP contribution in [0.2, 0.25) is 0 Å². The van der Waals surface area contributed by atoms with Crippen molar-refractivity contribution in [3.8, 4) is 5.75 Å². The van der Waals surface area contributed by atoms with Gasteiger partial charge >= 0.3 is 0 Å². The van der Waals surface area contributed by atoms with Crippen LogP contribution in [0.25, 0.3) is 11.0 Å². The van der Waals surface area contributed by atoms with E-state index in [1.165, 1.54) is 38.4 Å². The predicted molar refractivity (Wildman–Crippen MR) is 83.9 cm³/mol. The summed E-state index contributed by atoms with van der Waals surface area (Å²) in [4.78, 5) is 12.4. The van der Waals surface area contributed by atoms with Crippen LogP contribution in [0.5, 0.6) is 5.75 Å². The van der Waals surface area contributed by atoms with Gasteiger partial charge in [0.25, 0.3) is 0 Å². The molecule has 1 fully saturated rings. The Hall–Kier alpha value is -2.30. The van der Waals surface area contributed by atoms with Crippen LogP contribution in [0.15, 0.2) is 38.8 Å². The molecule has 0 saturated heterocycles. The van der Waals surface area contributed by atoms with Crippen molar-refractivity contribution in [3.05, 3.63) is 40.2 Å². The van der Waals surface area contributed by atoms with E-state index in [4.69, 9.17) is 14.4 Å². The molecule has 0 bridgehead atoms. The molecule has 0 unspecified atom stereocenters. The van der Waals surface area contributed by atoms with Crippen molar-refractivity contribution < 1.29 is 14.4 Å². The average Bonchev–Trinajstić information content (AvgIpc) is 2.56. The summed E-state index contributed by atoms with van der Waals surface area (Å²) in [5, 5.41) is 11.9. The summed E-state index contributed by atoms with van der Waals surface area (Å²) in [6.07, 6.45) is 8.53. The minimum Gasteiger partial charge on any atom is -0.492 e. The Morgan fingerprint density at radius 1 is 1.32 bits per heavy atom. The SMILES string of the molecule is O=c1c(/C=N/O)coc2cccc(OCC3CCCCC3)c12. The number of hydrogen-bond donors (Lipinski definition) is 1. The van der Waals surface area contributed by atoms with Gasteiger partial charge in [-0.15, -0.1) is 0 Å². The second-order valence-corrected chi connectivity index (χ2v) is 5.71. The van der Waals surface area contributed by atoms with Gasteiger partial charge in [-0.2, -0.15) is 0 Å². The van der Waals surface area contributed by atoms with Gasteiger partial charge in [0.2, 0.25) is 5.43 Å². The standard InChI is InChI=1S/C17H19NO4/c19-17-13(9-18-20)11-22-15-8-4-7-14(16(15)17)21-10-12-5-2-1-3-6-12/h4,7-9,11-12,20H,1-3,5-6,10H2/b18-9+. The van der Waals surface area contributed by atoms with Crippen LogP contribution in [-0.4, -0.2) is 18.0 Å². The molecule has 1 aromatic carbocycles. The lowest BCUT2D eigenvalue weighted by Gasteiger charge is -2.21. The lowest BCUT2D eigenvalue weighted by atomic mass is 9.90. The molecule has 1 saturated carbocycles. The molecule has 3 rings (SSSR count). The number of oxime groups is 1. The highest BCUT2D eigenvalue weighted by molar-refractivity contribution is 5.89. The van der Waals surface area contributed by atoms with Crippen LogP contribution in [0.4, 0.5) is 0 Å². The maximum atomic E-state index is 12.4. The molecule has 5 heteroatoms. The molecule has 2 aromatic rings. The largest absolute Gasteiger partial charge is 0.492 e. The van der Waals surface area contributed by atoms with Crippen LogP contribution >= 0.6 is 0 Å². The first-order valence-corrected chi connectivity index (χ1v) is 7.64. The molecule has 1 aliphatic carbocycles. The number of nitrogens with zero attached hydrogens (tertiary/aromatic N) is 1. The molecule has 5 nitrogen and oxygen atoms in total. The third kappa shape index (κ3) is 2.98. The summed E-state index contributed by atoms with van der Waals surface area (Å²) in [6, 6.07) is 5.31. The first-order valence-electron chi connectivity index (χ1n) is 7.64. The fraction of sp³-hybridized carbons (Fsp3) is 0.412. The van der Waals surface area contributed by atoms with Crippen molar-refractivity contribution in [1.29, 1.82) is 0 Å². The molecule has 0 spiro atoms. The fourth-order valence-electron chi connectivity index (χ4n) is 2.99. The molecule has 1 aromatic heterocycles. The minimum atomic E-state index is -0.252. The number of benzene rings is 1. The van der Waals surface area contributed by atoms with E-state index in [0.717, 1.165) is 6.21 Å². The van der Waals surface area contributed by atoms with Crippen molar-refractivity contribution in [1.82, 2.24) is 0 Å². The molecule has 0 aliphatic heterocycles. The zero-order chi connectivity index (χ0) is 15.4. The van der Waals surface area contributed by atoms with Crippen molar-refractivity contribution in [2.24, 2.45) is 11.1 Å². The van der Waals surface area contributed by atoms with E-state index in [9.17, 15) is 4.79 Å². The topological polar surface area (TPSA) is 72.0 Å². The smallest absolute Gasteiger partial charge is 0.205 e. The Morgan fingerprint density at radius 2 is 2.14 bits per heavy atom. The fourth-order valence-corrected chi connectivity index (χ4v) is 2.99. The van der Waals surface area contributed by atoms with Gasteiger partial charge in [-0.3, -0.25) is 4.79 Å². The summed E-state index contributed by atoms with van der Waals surface area (Å²) in [5.74, 6) is 1.09. The summed E-state index contributed by atoms with van der Waals surface area (Å²) in [7, 11) is 0. The zero-order valence-corrected chi connectivity index (χ0v) is 12.3. The van der Waals surface area contributed by atoms with Gasteiger partial charge in [-0.05, 0) is 30.9 Å². The van der Waals surface area contributed by atoms with Gasteiger partial charge in [0, 0.05) is 0 Å². The number of fused-ring (bicyclic) bond motifs is 1. The van der Waals surface area contributed by atoms with Gasteiger partial charge in [0.15, 0.2) is 0 Å². The average molecular weight is 301 g/mol. The minimum absolute atomic E-state index is 0.198. The molecule has 22 heavy (non-hydrogen) atoms. The van der Waals surface area contributed by atoms with E-state index >= 15 is 0 Å². The monoisotopic (exact) mass is 301 g/mol. The Morgan fingerprint density at radius 3 is 2.91 bits per heavy atom. The van der Waals surface area contributed by atoms with E-state index in [1.54, 1.807) is 18.2 Å². The second-order valence-electron chi connectivity index (χ2n) is 5.71. The maximum Gasteiger partial charge on any atom is 0.205 e. The summed E-state index contributed by atoms with van der Waals surface area (Å²) < 4.78 is 11.3. The second kappa shape index (κ2) is 6.64. The molecule has 1 aliphatic rings. The van der Waals surface area contributed by atoms with Crippen molar-refractivity contribution in [3.63, 3.8) is 0 Å². The highest BCUT2D eigenvalue weighted by atomic mass is 16.5. The summed E-state index contributed by atoms with van der Waals surface area (Å²) in [6.45, 7) is 0.622. The molecule has 0 atom stereocenters. The third-order valence-electron chi connectivity index (χ3n) is 4.19. The number of ether oxygens (including phenoxy) is 1. The van der Waals surface area contributed by atoms with Crippen molar-refractivity contribution in [2.75, 3.05) is 6.61 Å². The van der Waals surface area contributed by atoms with Crippen LogP contribution in [0.1, 0.15) is 37.7 Å². The first-order chi connectivity index (χ1) is 10.8. The molecular formula is C17H19NO4. The summed E-state index contributed by atoms with van der Waals surface area (Å²) in [5.41, 5.74) is 0.420. The third-order valence-corrected chi connectivity index (χ3v) is 4.19. The van der Waals surface area contributed by atoms with Crippen molar-refractivity contribution >= 4 is 17.2 Å². The van der Waals surface area contributed by atoms with Gasteiger partial charge in [0.1, 0.15) is 23.0 Å². The van der Waals surface area contributed by atoms with Crippen LogP contribution in [0.3, 0.4) is 0 Å². The van der Waals surface area contributed by atoms with Gasteiger partial charge in [0.05, 0.1) is 18.4 Å². The molecular weight excluding hydrogens is 282 g/mol. The van der Waals surface area contributed by atoms with Crippen molar-refractivity contribution in [2.45, 2.75) is 32.1 Å². The van der Waals surface area contributed by atoms with Crippen LogP contribution < -0.4 is 10.2 Å². The zero-order valence-electron chi connectivity index (χ0n) is 12.3. The lowest BCUT2D eigenvalue weighted by Crippen LogP contribution is -2.16. The van der Waals surface area contributed by atoms with E-state index in [-0.39, 0.29) is 11.0 Å². The van der Waals surface area contributed by atoms with Gasteiger partial charge in [-0.25, -0.2) is 0 Å². The molecule has 116 valence electrons. The van der Waals surface area contributed by atoms with E-state index < -0.39 is 0 Å². The Labute approximate surface area is 128 Å². The van der Waals surface area contributed by atoms with E-state index in [1.807, 2.05) is 0 Å². The van der Waals surface area contributed by atoms with Crippen LogP contribution in [-0.2, 0) is 0 Å². The molecule has 1 N–H and O–H groups in total. The maximum absolute atomic E-state index is 12.4. The summed E-state index contributed by atoms with van der Waals surface area (Å²) >= 11 is 0. The van der Waals surface area contributed by atoms with Crippen LogP contribution in [0, 0.1) is 5.92 Å². The van der Waals surface area contributed by atoms with Gasteiger partial charge < -0.3 is 14.4 Å². The Kier molecular flexibility index (Phi) is 4.42. The highest BCUT2D eigenvalue weighted by Crippen LogP contribution is 2.27. The van der Waals surface area contributed by atoms with E-state index in [0.29, 0.717) is 29.2 Å². The van der Waals surface area contributed by atoms with E-state index in [2.05, 4.69) is 5.16 Å². The normalized spacial score (nSPS) is 16.4. The lowest BCUT2D eigenvalue weighted by molar-refractivity contribution is 0.210. The number of rotatable bonds is 4. The Balaban J connectivity index is 1.91. The predicted octanol–water partition coefficient (Wildman–Crippen LogP) is 3.56. The quantitative estimate of drug-likeness (QED) is 0.532. The number of hydrogen-bond acceptors (Lipinski definition) is 5. The Bertz CT molecular complexity index is 729. The molecule has 1 heterocycles. The highest BCUT2D eigenvalue weighted by Gasteiger charge is 2.16. The molecule has 0 amide bonds.